The number of hydrogen-bond acceptors (Lipinski definition) is 3. The molecule has 0 saturated heterocycles. The lowest BCUT2D eigenvalue weighted by Crippen LogP contribution is -2.18. The highest BCUT2D eigenvalue weighted by Gasteiger charge is 2.37. The Balaban J connectivity index is 1.59. The molecule has 3 rings (SSSR count). The molecule has 2 atom stereocenters. The van der Waals surface area contributed by atoms with E-state index in [2.05, 4.69) is 40.6 Å². The fourth-order valence-electron chi connectivity index (χ4n) is 2.41. The van der Waals surface area contributed by atoms with E-state index in [9.17, 15) is 0 Å². The van der Waals surface area contributed by atoms with Gasteiger partial charge in [0.05, 0.1) is 0 Å². The molecule has 1 aliphatic rings. The molecule has 0 radical (unpaired) electrons. The first-order valence-corrected chi connectivity index (χ1v) is 6.51. The molecular weight excluding hydrogens is 234 g/mol. The van der Waals surface area contributed by atoms with Crippen molar-refractivity contribution in [2.24, 2.45) is 0 Å². The Morgan fingerprint density at radius 3 is 2.84 bits per heavy atom. The van der Waals surface area contributed by atoms with Crippen LogP contribution in [0, 0.1) is 11.3 Å². The average Bonchev–Trinajstić information content (AvgIpc) is 3.26. The number of nitrogens with one attached hydrogen (secondary N) is 1. The second-order valence-electron chi connectivity index (χ2n) is 4.86. The number of benzene rings is 1. The van der Waals surface area contributed by atoms with E-state index < -0.39 is 0 Å². The van der Waals surface area contributed by atoms with Crippen molar-refractivity contribution in [1.29, 1.82) is 5.26 Å². The van der Waals surface area contributed by atoms with Crippen molar-refractivity contribution >= 4 is 0 Å². The van der Waals surface area contributed by atoms with Crippen LogP contribution in [0.1, 0.15) is 29.2 Å². The van der Waals surface area contributed by atoms with Crippen LogP contribution in [0.15, 0.2) is 48.7 Å². The minimum atomic E-state index is 0.520. The van der Waals surface area contributed by atoms with Crippen LogP contribution in [-0.4, -0.2) is 11.0 Å². The van der Waals surface area contributed by atoms with E-state index in [1.807, 2.05) is 18.2 Å². The Labute approximate surface area is 112 Å². The van der Waals surface area contributed by atoms with Gasteiger partial charge in [-0.2, -0.15) is 5.26 Å². The van der Waals surface area contributed by atoms with Gasteiger partial charge in [-0.1, -0.05) is 36.4 Å². The fraction of sp³-hybridized carbons (Fsp3) is 0.250. The van der Waals surface area contributed by atoms with Gasteiger partial charge < -0.3 is 5.32 Å². The van der Waals surface area contributed by atoms with Crippen molar-refractivity contribution in [3.8, 4) is 6.07 Å². The summed E-state index contributed by atoms with van der Waals surface area (Å²) in [5.41, 5.74) is 2.89. The zero-order chi connectivity index (χ0) is 13.1. The molecule has 1 aliphatic carbocycles. The SMILES string of the molecule is N#Cc1ncccc1CNC1CC1c1ccccc1. The first-order chi connectivity index (χ1) is 9.38. The third-order valence-corrected chi connectivity index (χ3v) is 3.57. The Kier molecular flexibility index (Phi) is 3.26. The van der Waals surface area contributed by atoms with E-state index in [0.717, 1.165) is 5.56 Å². The Bertz CT molecular complexity index is 601. The molecular formula is C16H15N3. The Hall–Kier alpha value is -2.18. The summed E-state index contributed by atoms with van der Waals surface area (Å²) < 4.78 is 0. The second-order valence-corrected chi connectivity index (χ2v) is 4.86. The summed E-state index contributed by atoms with van der Waals surface area (Å²) in [5.74, 6) is 0.614. The van der Waals surface area contributed by atoms with Crippen LogP contribution in [0.25, 0.3) is 0 Å². The third kappa shape index (κ3) is 2.64. The van der Waals surface area contributed by atoms with E-state index in [1.54, 1.807) is 6.20 Å². The van der Waals surface area contributed by atoms with E-state index in [0.29, 0.717) is 24.2 Å². The highest BCUT2D eigenvalue weighted by molar-refractivity contribution is 5.31. The second kappa shape index (κ2) is 5.21. The summed E-state index contributed by atoms with van der Waals surface area (Å²) in [7, 11) is 0. The molecule has 0 aliphatic heterocycles. The van der Waals surface area contributed by atoms with Crippen molar-refractivity contribution in [2.75, 3.05) is 0 Å². The number of nitriles is 1. The maximum absolute atomic E-state index is 8.99. The highest BCUT2D eigenvalue weighted by atomic mass is 15.0. The molecule has 0 spiro atoms. The van der Waals surface area contributed by atoms with Gasteiger partial charge in [-0.3, -0.25) is 0 Å². The lowest BCUT2D eigenvalue weighted by atomic mass is 10.1. The maximum Gasteiger partial charge on any atom is 0.144 e. The molecule has 1 aromatic heterocycles. The van der Waals surface area contributed by atoms with Crippen LogP contribution in [0.2, 0.25) is 0 Å². The first-order valence-electron chi connectivity index (χ1n) is 6.51. The van der Waals surface area contributed by atoms with Crippen molar-refractivity contribution in [3.05, 3.63) is 65.5 Å². The summed E-state index contributed by atoms with van der Waals surface area (Å²) in [4.78, 5) is 4.07. The number of aromatic nitrogens is 1. The number of nitrogens with zero attached hydrogens (tertiary/aromatic N) is 2. The molecule has 1 heterocycles. The van der Waals surface area contributed by atoms with E-state index in [1.165, 1.54) is 12.0 Å². The summed E-state index contributed by atoms with van der Waals surface area (Å²) >= 11 is 0. The smallest absolute Gasteiger partial charge is 0.144 e. The zero-order valence-electron chi connectivity index (χ0n) is 10.6. The van der Waals surface area contributed by atoms with Crippen LogP contribution in [-0.2, 0) is 6.54 Å². The first kappa shape index (κ1) is 11.9. The molecule has 3 heteroatoms. The summed E-state index contributed by atoms with van der Waals surface area (Å²) in [6.07, 6.45) is 2.83. The molecule has 94 valence electrons. The monoisotopic (exact) mass is 249 g/mol. The van der Waals surface area contributed by atoms with Crippen molar-refractivity contribution < 1.29 is 0 Å². The Morgan fingerprint density at radius 2 is 2.05 bits per heavy atom. The molecule has 1 N–H and O–H groups in total. The predicted molar refractivity (Wildman–Crippen MR) is 73.4 cm³/mol. The van der Waals surface area contributed by atoms with Gasteiger partial charge in [-0.25, -0.2) is 4.98 Å². The van der Waals surface area contributed by atoms with Crippen molar-refractivity contribution in [2.45, 2.75) is 24.9 Å². The Morgan fingerprint density at radius 1 is 1.21 bits per heavy atom. The summed E-state index contributed by atoms with van der Waals surface area (Å²) in [6.45, 7) is 0.713. The number of hydrogen-bond donors (Lipinski definition) is 1. The molecule has 19 heavy (non-hydrogen) atoms. The third-order valence-electron chi connectivity index (χ3n) is 3.57. The van der Waals surface area contributed by atoms with Gasteiger partial charge in [-0.05, 0) is 18.1 Å². The minimum Gasteiger partial charge on any atom is -0.309 e. The molecule has 2 aromatic rings. The molecule has 0 amide bonds. The lowest BCUT2D eigenvalue weighted by Gasteiger charge is -2.05. The standard InChI is InChI=1S/C16H15N3/c17-10-16-13(7-4-8-18-16)11-19-15-9-14(15)12-5-2-1-3-6-12/h1-8,14-15,19H,9,11H2. The van der Waals surface area contributed by atoms with Crippen LogP contribution >= 0.6 is 0 Å². The topological polar surface area (TPSA) is 48.7 Å². The van der Waals surface area contributed by atoms with Crippen molar-refractivity contribution in [3.63, 3.8) is 0 Å². The molecule has 3 nitrogen and oxygen atoms in total. The quantitative estimate of drug-likeness (QED) is 0.906. The van der Waals surface area contributed by atoms with Gasteiger partial charge in [0.1, 0.15) is 11.8 Å². The van der Waals surface area contributed by atoms with Gasteiger partial charge in [-0.15, -0.1) is 0 Å². The van der Waals surface area contributed by atoms with Crippen molar-refractivity contribution in [1.82, 2.24) is 10.3 Å². The number of rotatable bonds is 4. The zero-order valence-corrected chi connectivity index (χ0v) is 10.6. The van der Waals surface area contributed by atoms with Gasteiger partial charge in [0.2, 0.25) is 0 Å². The van der Waals surface area contributed by atoms with Crippen LogP contribution < -0.4 is 5.32 Å². The molecule has 2 unspecified atom stereocenters. The molecule has 1 saturated carbocycles. The van der Waals surface area contributed by atoms with Gasteiger partial charge in [0.15, 0.2) is 0 Å². The van der Waals surface area contributed by atoms with Gasteiger partial charge in [0, 0.05) is 30.3 Å². The van der Waals surface area contributed by atoms with E-state index >= 15 is 0 Å². The highest BCUT2D eigenvalue weighted by Crippen LogP contribution is 2.40. The van der Waals surface area contributed by atoms with Gasteiger partial charge in [0.25, 0.3) is 0 Å². The van der Waals surface area contributed by atoms with E-state index in [4.69, 9.17) is 5.26 Å². The maximum atomic E-state index is 8.99. The predicted octanol–water partition coefficient (Wildman–Crippen LogP) is 2.60. The normalized spacial score (nSPS) is 20.8. The van der Waals surface area contributed by atoms with Crippen LogP contribution in [0.5, 0.6) is 0 Å². The number of pyridine rings is 1. The van der Waals surface area contributed by atoms with Crippen LogP contribution in [0.3, 0.4) is 0 Å². The largest absolute Gasteiger partial charge is 0.309 e. The average molecular weight is 249 g/mol. The van der Waals surface area contributed by atoms with Gasteiger partial charge >= 0.3 is 0 Å². The van der Waals surface area contributed by atoms with E-state index in [-0.39, 0.29) is 0 Å². The van der Waals surface area contributed by atoms with Crippen LogP contribution in [0.4, 0.5) is 0 Å². The minimum absolute atomic E-state index is 0.520. The summed E-state index contributed by atoms with van der Waals surface area (Å²) in [5, 5.41) is 12.5. The lowest BCUT2D eigenvalue weighted by molar-refractivity contribution is 0.670. The molecule has 1 fully saturated rings. The summed E-state index contributed by atoms with van der Waals surface area (Å²) in [6, 6.07) is 17.1. The fourth-order valence-corrected chi connectivity index (χ4v) is 2.41. The molecule has 0 bridgehead atoms. The molecule has 1 aromatic carbocycles.